The fourth-order valence-corrected chi connectivity index (χ4v) is 2.95. The molecule has 0 radical (unpaired) electrons. The molecule has 1 atom stereocenters. The van der Waals surface area contributed by atoms with Gasteiger partial charge in [-0.2, -0.15) is 0 Å². The Bertz CT molecular complexity index is 416. The first kappa shape index (κ1) is 16.1. The summed E-state index contributed by atoms with van der Waals surface area (Å²) < 4.78 is 5.46. The smallest absolute Gasteiger partial charge is 0.142 e. The zero-order chi connectivity index (χ0) is 15.1. The number of unbranched alkanes of at least 4 members (excludes halogenated alkanes) is 1. The van der Waals surface area contributed by atoms with Gasteiger partial charge in [0.25, 0.3) is 0 Å². The molecule has 0 aliphatic carbocycles. The first-order valence-electron chi connectivity index (χ1n) is 8.10. The Hall–Kier alpha value is -1.26. The van der Waals surface area contributed by atoms with Gasteiger partial charge in [0.15, 0.2) is 0 Å². The highest BCUT2D eigenvalue weighted by atomic mass is 16.5. The molecular formula is C17H29N3O. The number of anilines is 1. The van der Waals surface area contributed by atoms with Crippen molar-refractivity contribution in [2.24, 2.45) is 5.73 Å². The van der Waals surface area contributed by atoms with E-state index in [0.717, 1.165) is 44.9 Å². The Morgan fingerprint density at radius 2 is 1.90 bits per heavy atom. The molecule has 1 unspecified atom stereocenters. The van der Waals surface area contributed by atoms with E-state index in [9.17, 15) is 0 Å². The molecule has 21 heavy (non-hydrogen) atoms. The molecule has 2 rings (SSSR count). The monoisotopic (exact) mass is 291 g/mol. The highest BCUT2D eigenvalue weighted by Crippen LogP contribution is 2.28. The fraction of sp³-hybridized carbons (Fsp3) is 0.647. The third-order valence-corrected chi connectivity index (χ3v) is 4.22. The number of piperazine rings is 1. The third-order valence-electron chi connectivity index (χ3n) is 4.22. The van der Waals surface area contributed by atoms with Gasteiger partial charge in [-0.15, -0.1) is 0 Å². The highest BCUT2D eigenvalue weighted by molar-refractivity contribution is 5.58. The predicted octanol–water partition coefficient (Wildman–Crippen LogP) is 2.33. The molecule has 0 saturated carbocycles. The van der Waals surface area contributed by atoms with Crippen molar-refractivity contribution in [2.75, 3.05) is 44.7 Å². The Balaban J connectivity index is 1.83. The van der Waals surface area contributed by atoms with Crippen molar-refractivity contribution in [3.05, 3.63) is 24.3 Å². The highest BCUT2D eigenvalue weighted by Gasteiger charge is 2.20. The van der Waals surface area contributed by atoms with E-state index < -0.39 is 0 Å². The van der Waals surface area contributed by atoms with E-state index >= 15 is 0 Å². The van der Waals surface area contributed by atoms with Gasteiger partial charge < -0.3 is 15.4 Å². The Morgan fingerprint density at radius 1 is 1.19 bits per heavy atom. The maximum absolute atomic E-state index is 6.21. The van der Waals surface area contributed by atoms with Crippen LogP contribution in [0.3, 0.4) is 0 Å². The molecule has 4 heteroatoms. The second-order valence-corrected chi connectivity index (χ2v) is 5.86. The average molecular weight is 291 g/mol. The molecule has 0 spiro atoms. The molecule has 1 saturated heterocycles. The second kappa shape index (κ2) is 8.25. The van der Waals surface area contributed by atoms with Crippen LogP contribution in [0.4, 0.5) is 5.69 Å². The number of methoxy groups -OCH3 is 1. The minimum Gasteiger partial charge on any atom is -0.495 e. The predicted molar refractivity (Wildman–Crippen MR) is 89.1 cm³/mol. The van der Waals surface area contributed by atoms with Gasteiger partial charge >= 0.3 is 0 Å². The molecule has 1 heterocycles. The summed E-state index contributed by atoms with van der Waals surface area (Å²) in [4.78, 5) is 4.90. The van der Waals surface area contributed by atoms with Crippen LogP contribution in [0.2, 0.25) is 0 Å². The van der Waals surface area contributed by atoms with E-state index in [1.165, 1.54) is 18.5 Å². The minimum atomic E-state index is 0.322. The standard InChI is InChI=1S/C17H29N3O/c1-3-4-7-15(18)14-19-10-12-20(13-11-19)16-8-5-6-9-17(16)21-2/h5-6,8-9,15H,3-4,7,10-14,18H2,1-2H3. The lowest BCUT2D eigenvalue weighted by molar-refractivity contribution is 0.237. The van der Waals surface area contributed by atoms with Crippen LogP contribution in [0.1, 0.15) is 26.2 Å². The molecule has 0 amide bonds. The van der Waals surface area contributed by atoms with Crippen molar-refractivity contribution in [1.82, 2.24) is 4.90 Å². The number of rotatable bonds is 7. The molecule has 4 nitrogen and oxygen atoms in total. The summed E-state index contributed by atoms with van der Waals surface area (Å²) in [5, 5.41) is 0. The molecular weight excluding hydrogens is 262 g/mol. The van der Waals surface area contributed by atoms with Crippen LogP contribution in [0.5, 0.6) is 5.75 Å². The van der Waals surface area contributed by atoms with Crippen LogP contribution in [0.25, 0.3) is 0 Å². The zero-order valence-electron chi connectivity index (χ0n) is 13.4. The molecule has 2 N–H and O–H groups in total. The summed E-state index contributed by atoms with van der Waals surface area (Å²) in [6.07, 6.45) is 3.61. The number of nitrogens with zero attached hydrogens (tertiary/aromatic N) is 2. The first-order chi connectivity index (χ1) is 10.2. The van der Waals surface area contributed by atoms with Gasteiger partial charge in [-0.3, -0.25) is 4.90 Å². The average Bonchev–Trinajstić information content (AvgIpc) is 2.53. The van der Waals surface area contributed by atoms with E-state index in [1.54, 1.807) is 7.11 Å². The van der Waals surface area contributed by atoms with Crippen LogP contribution in [-0.4, -0.2) is 50.8 Å². The molecule has 1 aromatic carbocycles. The Labute approximate surface area is 128 Å². The molecule has 118 valence electrons. The van der Waals surface area contributed by atoms with Crippen LogP contribution in [0.15, 0.2) is 24.3 Å². The van der Waals surface area contributed by atoms with Crippen LogP contribution >= 0.6 is 0 Å². The number of hydrogen-bond donors (Lipinski definition) is 1. The largest absolute Gasteiger partial charge is 0.495 e. The van der Waals surface area contributed by atoms with Gasteiger partial charge in [0.1, 0.15) is 5.75 Å². The lowest BCUT2D eigenvalue weighted by atomic mass is 10.1. The van der Waals surface area contributed by atoms with E-state index in [-0.39, 0.29) is 0 Å². The SMILES string of the molecule is CCCCC(N)CN1CCN(c2ccccc2OC)CC1. The van der Waals surface area contributed by atoms with Gasteiger partial charge in [-0.05, 0) is 18.6 Å². The number of para-hydroxylation sites is 2. The lowest BCUT2D eigenvalue weighted by Crippen LogP contribution is -2.50. The topological polar surface area (TPSA) is 41.7 Å². The summed E-state index contributed by atoms with van der Waals surface area (Å²) in [5.74, 6) is 0.964. The van der Waals surface area contributed by atoms with Crippen molar-refractivity contribution in [2.45, 2.75) is 32.2 Å². The Morgan fingerprint density at radius 3 is 2.57 bits per heavy atom. The number of ether oxygens (including phenoxy) is 1. The van der Waals surface area contributed by atoms with E-state index in [0.29, 0.717) is 6.04 Å². The van der Waals surface area contributed by atoms with Crippen molar-refractivity contribution in [3.63, 3.8) is 0 Å². The fourth-order valence-electron chi connectivity index (χ4n) is 2.95. The van der Waals surface area contributed by atoms with Crippen LogP contribution in [-0.2, 0) is 0 Å². The number of benzene rings is 1. The van der Waals surface area contributed by atoms with Gasteiger partial charge in [-0.1, -0.05) is 31.9 Å². The van der Waals surface area contributed by atoms with Gasteiger partial charge in [0.05, 0.1) is 12.8 Å². The van der Waals surface area contributed by atoms with Crippen molar-refractivity contribution >= 4 is 5.69 Å². The van der Waals surface area contributed by atoms with Crippen molar-refractivity contribution in [1.29, 1.82) is 0 Å². The van der Waals surface area contributed by atoms with Gasteiger partial charge in [0.2, 0.25) is 0 Å². The Kier molecular flexibility index (Phi) is 6.33. The van der Waals surface area contributed by atoms with E-state index in [4.69, 9.17) is 10.5 Å². The summed E-state index contributed by atoms with van der Waals surface area (Å²) in [5.41, 5.74) is 7.41. The molecule has 1 aliphatic heterocycles. The summed E-state index contributed by atoms with van der Waals surface area (Å²) >= 11 is 0. The maximum Gasteiger partial charge on any atom is 0.142 e. The molecule has 1 aromatic rings. The summed E-state index contributed by atoms with van der Waals surface area (Å²) in [6.45, 7) is 7.50. The zero-order valence-corrected chi connectivity index (χ0v) is 13.4. The second-order valence-electron chi connectivity index (χ2n) is 5.86. The first-order valence-corrected chi connectivity index (χ1v) is 8.10. The van der Waals surface area contributed by atoms with Crippen molar-refractivity contribution in [3.8, 4) is 5.75 Å². The quantitative estimate of drug-likeness (QED) is 0.837. The lowest BCUT2D eigenvalue weighted by Gasteiger charge is -2.37. The van der Waals surface area contributed by atoms with Crippen LogP contribution < -0.4 is 15.4 Å². The maximum atomic E-state index is 6.21. The third kappa shape index (κ3) is 4.61. The van der Waals surface area contributed by atoms with E-state index in [2.05, 4.69) is 28.9 Å². The van der Waals surface area contributed by atoms with Gasteiger partial charge in [-0.25, -0.2) is 0 Å². The molecule has 1 aliphatic rings. The molecule has 0 bridgehead atoms. The molecule has 0 aromatic heterocycles. The van der Waals surface area contributed by atoms with E-state index in [1.807, 2.05) is 12.1 Å². The van der Waals surface area contributed by atoms with Gasteiger partial charge in [0, 0.05) is 38.8 Å². The van der Waals surface area contributed by atoms with Crippen LogP contribution in [0, 0.1) is 0 Å². The molecule has 1 fully saturated rings. The van der Waals surface area contributed by atoms with Crippen molar-refractivity contribution < 1.29 is 4.74 Å². The normalized spacial score (nSPS) is 17.8. The summed E-state index contributed by atoms with van der Waals surface area (Å²) in [7, 11) is 1.74. The number of hydrogen-bond acceptors (Lipinski definition) is 4. The summed E-state index contributed by atoms with van der Waals surface area (Å²) in [6, 6.07) is 8.59. The number of nitrogens with two attached hydrogens (primary N) is 1. The minimum absolute atomic E-state index is 0.322.